The molecule has 0 saturated carbocycles. The number of benzene rings is 1. The highest BCUT2D eigenvalue weighted by Crippen LogP contribution is 2.37. The zero-order chi connectivity index (χ0) is 15.4. The lowest BCUT2D eigenvalue weighted by Gasteiger charge is -2.11. The van der Waals surface area contributed by atoms with E-state index in [1.54, 1.807) is 18.2 Å². The maximum Gasteiger partial charge on any atom is 0.263 e. The van der Waals surface area contributed by atoms with E-state index in [0.29, 0.717) is 31.3 Å². The van der Waals surface area contributed by atoms with Crippen molar-refractivity contribution < 1.29 is 14.3 Å². The van der Waals surface area contributed by atoms with E-state index in [4.69, 9.17) is 38.6 Å². The fraction of sp³-hybridized carbons (Fsp3) is 0.154. The van der Waals surface area contributed by atoms with Crippen molar-refractivity contribution in [3.05, 3.63) is 27.6 Å². The van der Waals surface area contributed by atoms with E-state index in [-0.39, 0.29) is 12.5 Å². The Balaban J connectivity index is 2.39. The summed E-state index contributed by atoms with van der Waals surface area (Å²) in [5.41, 5.74) is 0.649. The number of methoxy groups -OCH3 is 1. The highest BCUT2D eigenvalue weighted by Gasteiger charge is 2.22. The maximum absolute atomic E-state index is 11.6. The molecule has 1 fully saturated rings. The van der Waals surface area contributed by atoms with Gasteiger partial charge in [0.2, 0.25) is 0 Å². The highest BCUT2D eigenvalue weighted by atomic mass is 35.5. The minimum Gasteiger partial charge on any atom is -0.491 e. The van der Waals surface area contributed by atoms with Crippen LogP contribution in [-0.4, -0.2) is 23.9 Å². The molecule has 21 heavy (non-hydrogen) atoms. The standard InChI is InChI=1S/C13H9ClN2O3S2/c1-18-11-8(14)4-7(5-9(11)19-3-2-15)6-10-12(17)16-13(20)21-10/h4-6H,3H2,1H3,(H,16,17,20)/b10-6+. The van der Waals surface area contributed by atoms with Gasteiger partial charge in [-0.2, -0.15) is 5.26 Å². The van der Waals surface area contributed by atoms with Gasteiger partial charge in [0.05, 0.1) is 17.0 Å². The predicted molar refractivity (Wildman–Crippen MR) is 85.4 cm³/mol. The predicted octanol–water partition coefficient (Wildman–Crippen LogP) is 2.74. The molecule has 1 amide bonds. The van der Waals surface area contributed by atoms with Crippen molar-refractivity contribution in [3.63, 3.8) is 0 Å². The molecule has 0 radical (unpaired) electrons. The van der Waals surface area contributed by atoms with Crippen LogP contribution < -0.4 is 14.8 Å². The highest BCUT2D eigenvalue weighted by molar-refractivity contribution is 8.26. The lowest BCUT2D eigenvalue weighted by Crippen LogP contribution is -2.17. The molecule has 1 aliphatic heterocycles. The summed E-state index contributed by atoms with van der Waals surface area (Å²) >= 11 is 12.2. The SMILES string of the molecule is COc1c(Cl)cc(/C=C2/SC(=S)NC2=O)cc1OCC#N. The van der Waals surface area contributed by atoms with Crippen LogP contribution in [0.1, 0.15) is 5.56 Å². The third-order valence-electron chi connectivity index (χ3n) is 2.47. The average Bonchev–Trinajstić information content (AvgIpc) is 2.74. The zero-order valence-corrected chi connectivity index (χ0v) is 13.2. The summed E-state index contributed by atoms with van der Waals surface area (Å²) in [5.74, 6) is 0.425. The summed E-state index contributed by atoms with van der Waals surface area (Å²) in [6, 6.07) is 5.15. The number of carbonyl (C=O) groups is 1. The Hall–Kier alpha value is -1.75. The van der Waals surface area contributed by atoms with Crippen LogP contribution >= 0.6 is 35.6 Å². The summed E-state index contributed by atoms with van der Waals surface area (Å²) < 4.78 is 10.8. The Labute approximate surface area is 135 Å². The van der Waals surface area contributed by atoms with Crippen LogP contribution in [0.25, 0.3) is 6.08 Å². The monoisotopic (exact) mass is 340 g/mol. The summed E-state index contributed by atoms with van der Waals surface area (Å²) in [5, 5.41) is 11.4. The second kappa shape index (κ2) is 6.80. The number of ether oxygens (including phenoxy) is 2. The number of hydrogen-bond acceptors (Lipinski definition) is 6. The normalized spacial score (nSPS) is 15.8. The molecule has 1 aromatic rings. The van der Waals surface area contributed by atoms with Gasteiger partial charge in [-0.3, -0.25) is 4.79 Å². The molecular weight excluding hydrogens is 332 g/mol. The third kappa shape index (κ3) is 3.67. The molecule has 0 aliphatic carbocycles. The number of hydrogen-bond donors (Lipinski definition) is 1. The topological polar surface area (TPSA) is 71.3 Å². The van der Waals surface area contributed by atoms with Crippen LogP contribution in [0.15, 0.2) is 17.0 Å². The number of thiocarbonyl (C=S) groups is 1. The summed E-state index contributed by atoms with van der Waals surface area (Å²) in [6.45, 7) is -0.133. The Bertz CT molecular complexity index is 683. The summed E-state index contributed by atoms with van der Waals surface area (Å²) in [7, 11) is 1.46. The zero-order valence-electron chi connectivity index (χ0n) is 10.8. The first-order chi connectivity index (χ1) is 10.0. The molecule has 0 spiro atoms. The molecule has 2 rings (SSSR count). The first kappa shape index (κ1) is 15.6. The molecule has 1 saturated heterocycles. The number of carbonyl (C=O) groups excluding carboxylic acids is 1. The Morgan fingerprint density at radius 3 is 2.90 bits per heavy atom. The van der Waals surface area contributed by atoms with Crippen molar-refractivity contribution in [3.8, 4) is 17.6 Å². The molecule has 1 aliphatic rings. The van der Waals surface area contributed by atoms with E-state index in [9.17, 15) is 4.79 Å². The number of rotatable bonds is 4. The minimum absolute atomic E-state index is 0.133. The molecule has 5 nitrogen and oxygen atoms in total. The van der Waals surface area contributed by atoms with Crippen LogP contribution in [0.5, 0.6) is 11.5 Å². The first-order valence-electron chi connectivity index (χ1n) is 5.67. The molecule has 1 N–H and O–H groups in total. The molecule has 0 unspecified atom stereocenters. The van der Waals surface area contributed by atoms with Crippen molar-refractivity contribution in [1.29, 1.82) is 5.26 Å². The van der Waals surface area contributed by atoms with Gasteiger partial charge in [-0.25, -0.2) is 0 Å². The van der Waals surface area contributed by atoms with Gasteiger partial charge < -0.3 is 14.8 Å². The van der Waals surface area contributed by atoms with E-state index in [1.165, 1.54) is 18.9 Å². The molecule has 0 bridgehead atoms. The van der Waals surface area contributed by atoms with Gasteiger partial charge in [0, 0.05) is 0 Å². The largest absolute Gasteiger partial charge is 0.491 e. The average molecular weight is 341 g/mol. The van der Waals surface area contributed by atoms with Crippen LogP contribution in [-0.2, 0) is 4.79 Å². The van der Waals surface area contributed by atoms with E-state index in [2.05, 4.69) is 5.32 Å². The first-order valence-corrected chi connectivity index (χ1v) is 7.27. The van der Waals surface area contributed by atoms with Crippen LogP contribution in [0.2, 0.25) is 5.02 Å². The minimum atomic E-state index is -0.253. The Morgan fingerprint density at radius 1 is 1.57 bits per heavy atom. The van der Waals surface area contributed by atoms with Crippen LogP contribution in [0.3, 0.4) is 0 Å². The number of amides is 1. The van der Waals surface area contributed by atoms with E-state index in [1.807, 2.05) is 6.07 Å². The van der Waals surface area contributed by atoms with E-state index < -0.39 is 0 Å². The lowest BCUT2D eigenvalue weighted by molar-refractivity contribution is -0.115. The van der Waals surface area contributed by atoms with Gasteiger partial charge in [0.1, 0.15) is 10.4 Å². The van der Waals surface area contributed by atoms with Crippen molar-refractivity contribution in [2.75, 3.05) is 13.7 Å². The van der Waals surface area contributed by atoms with Gasteiger partial charge in [-0.05, 0) is 23.8 Å². The number of thioether (sulfide) groups is 1. The Morgan fingerprint density at radius 2 is 2.33 bits per heavy atom. The van der Waals surface area contributed by atoms with Gasteiger partial charge in [-0.15, -0.1) is 0 Å². The number of nitriles is 1. The fourth-order valence-electron chi connectivity index (χ4n) is 1.66. The van der Waals surface area contributed by atoms with Crippen LogP contribution in [0.4, 0.5) is 0 Å². The second-order valence-electron chi connectivity index (χ2n) is 3.83. The van der Waals surface area contributed by atoms with Gasteiger partial charge in [0.15, 0.2) is 18.1 Å². The van der Waals surface area contributed by atoms with Crippen LogP contribution in [0, 0.1) is 11.3 Å². The molecule has 0 aromatic heterocycles. The van der Waals surface area contributed by atoms with Gasteiger partial charge >= 0.3 is 0 Å². The number of nitrogens with zero attached hydrogens (tertiary/aromatic N) is 1. The quantitative estimate of drug-likeness (QED) is 0.671. The smallest absolute Gasteiger partial charge is 0.263 e. The molecule has 108 valence electrons. The summed E-state index contributed by atoms with van der Waals surface area (Å²) in [4.78, 5) is 12.1. The maximum atomic E-state index is 11.6. The van der Waals surface area contributed by atoms with E-state index >= 15 is 0 Å². The fourth-order valence-corrected chi connectivity index (χ4v) is 3.00. The van der Waals surface area contributed by atoms with Crippen molar-refractivity contribution >= 4 is 51.9 Å². The van der Waals surface area contributed by atoms with Crippen molar-refractivity contribution in [1.82, 2.24) is 5.32 Å². The molecule has 1 heterocycles. The molecule has 8 heteroatoms. The van der Waals surface area contributed by atoms with Crippen molar-refractivity contribution in [2.24, 2.45) is 0 Å². The lowest BCUT2D eigenvalue weighted by atomic mass is 10.2. The van der Waals surface area contributed by atoms with Crippen molar-refractivity contribution in [2.45, 2.75) is 0 Å². The molecular formula is C13H9ClN2O3S2. The number of nitrogens with one attached hydrogen (secondary N) is 1. The summed E-state index contributed by atoms with van der Waals surface area (Å²) in [6.07, 6.45) is 1.64. The van der Waals surface area contributed by atoms with Gasteiger partial charge in [0.25, 0.3) is 5.91 Å². The second-order valence-corrected chi connectivity index (χ2v) is 5.96. The Kier molecular flexibility index (Phi) is 5.07. The van der Waals surface area contributed by atoms with Gasteiger partial charge in [-0.1, -0.05) is 35.6 Å². The third-order valence-corrected chi connectivity index (χ3v) is 3.91. The van der Waals surface area contributed by atoms with E-state index in [0.717, 1.165) is 0 Å². The molecule has 1 aromatic carbocycles. The molecule has 0 atom stereocenters. The number of halogens is 1.